The van der Waals surface area contributed by atoms with E-state index in [2.05, 4.69) is 15.6 Å². The number of rotatable bonds is 10. The van der Waals surface area contributed by atoms with Gasteiger partial charge in [0, 0.05) is 39.9 Å². The lowest BCUT2D eigenvalue weighted by molar-refractivity contribution is 0.0827. The van der Waals surface area contributed by atoms with E-state index in [0.29, 0.717) is 31.9 Å². The van der Waals surface area contributed by atoms with E-state index in [9.17, 15) is 4.79 Å². The average molecular weight is 413 g/mol. The summed E-state index contributed by atoms with van der Waals surface area (Å²) in [6, 6.07) is 15.5. The number of benzene rings is 2. The average Bonchev–Trinajstić information content (AvgIpc) is 2.76. The summed E-state index contributed by atoms with van der Waals surface area (Å²) in [6.07, 6.45) is 0. The van der Waals surface area contributed by atoms with Crippen molar-refractivity contribution in [1.82, 2.24) is 15.5 Å². The van der Waals surface area contributed by atoms with Gasteiger partial charge < -0.3 is 25.0 Å². The Labute approximate surface area is 179 Å². The first-order valence-electron chi connectivity index (χ1n) is 10.1. The second kappa shape index (κ2) is 12.5. The molecule has 0 heterocycles. The maximum atomic E-state index is 12.0. The molecule has 0 saturated heterocycles. The Morgan fingerprint density at radius 3 is 2.23 bits per heavy atom. The van der Waals surface area contributed by atoms with E-state index in [0.717, 1.165) is 29.4 Å². The molecule has 2 N–H and O–H groups in total. The van der Waals surface area contributed by atoms with Gasteiger partial charge in [-0.1, -0.05) is 24.3 Å². The Balaban J connectivity index is 1.90. The zero-order chi connectivity index (χ0) is 21.8. The molecule has 0 bridgehead atoms. The first-order valence-corrected chi connectivity index (χ1v) is 10.1. The maximum absolute atomic E-state index is 12.0. The minimum Gasteiger partial charge on any atom is -0.491 e. The van der Waals surface area contributed by atoms with E-state index in [1.807, 2.05) is 55.5 Å². The van der Waals surface area contributed by atoms with Crippen molar-refractivity contribution in [3.63, 3.8) is 0 Å². The Bertz CT molecular complexity index is 802. The maximum Gasteiger partial charge on any atom is 0.253 e. The molecule has 162 valence electrons. The van der Waals surface area contributed by atoms with Crippen LogP contribution in [0.5, 0.6) is 5.75 Å². The molecule has 0 saturated carbocycles. The zero-order valence-corrected chi connectivity index (χ0v) is 18.3. The van der Waals surface area contributed by atoms with Gasteiger partial charge in [0.2, 0.25) is 0 Å². The van der Waals surface area contributed by atoms with E-state index in [-0.39, 0.29) is 5.91 Å². The second-order valence-corrected chi connectivity index (χ2v) is 6.93. The summed E-state index contributed by atoms with van der Waals surface area (Å²) in [7, 11) is 5.15. The lowest BCUT2D eigenvalue weighted by Gasteiger charge is -2.13. The number of hydrogen-bond donors (Lipinski definition) is 2. The number of carbonyl (C=O) groups excluding carboxylic acids is 1. The summed E-state index contributed by atoms with van der Waals surface area (Å²) in [5, 5.41) is 6.58. The third-order valence-corrected chi connectivity index (χ3v) is 4.31. The topological polar surface area (TPSA) is 75.2 Å². The molecule has 7 heteroatoms. The molecule has 2 aromatic carbocycles. The van der Waals surface area contributed by atoms with E-state index in [4.69, 9.17) is 9.47 Å². The van der Waals surface area contributed by atoms with Crippen LogP contribution in [-0.2, 0) is 17.8 Å². The van der Waals surface area contributed by atoms with Crippen LogP contribution < -0.4 is 15.4 Å². The number of methoxy groups -OCH3 is 1. The summed E-state index contributed by atoms with van der Waals surface area (Å²) in [4.78, 5) is 18.2. The van der Waals surface area contributed by atoms with Crippen molar-refractivity contribution in [3.05, 3.63) is 65.2 Å². The van der Waals surface area contributed by atoms with Gasteiger partial charge in [0.05, 0.1) is 13.2 Å². The van der Waals surface area contributed by atoms with Crippen LogP contribution in [0.4, 0.5) is 0 Å². The van der Waals surface area contributed by atoms with Crippen LogP contribution in [0, 0.1) is 0 Å². The predicted octanol–water partition coefficient (Wildman–Crippen LogP) is 2.67. The molecule has 7 nitrogen and oxygen atoms in total. The monoisotopic (exact) mass is 412 g/mol. The first kappa shape index (κ1) is 23.2. The van der Waals surface area contributed by atoms with E-state index < -0.39 is 0 Å². The molecule has 0 aliphatic heterocycles. The van der Waals surface area contributed by atoms with Gasteiger partial charge in [-0.2, -0.15) is 0 Å². The molecule has 30 heavy (non-hydrogen) atoms. The molecule has 0 aliphatic rings. The highest BCUT2D eigenvalue weighted by molar-refractivity contribution is 5.93. The summed E-state index contributed by atoms with van der Waals surface area (Å²) in [6.45, 7) is 5.09. The fourth-order valence-electron chi connectivity index (χ4n) is 2.66. The minimum atomic E-state index is -0.000439. The highest BCUT2D eigenvalue weighted by atomic mass is 16.5. The van der Waals surface area contributed by atoms with Gasteiger partial charge in [-0.15, -0.1) is 0 Å². The number of carbonyl (C=O) groups is 1. The van der Waals surface area contributed by atoms with E-state index >= 15 is 0 Å². The van der Waals surface area contributed by atoms with Crippen molar-refractivity contribution in [2.75, 3.05) is 41.0 Å². The Kier molecular flexibility index (Phi) is 9.67. The zero-order valence-electron chi connectivity index (χ0n) is 18.3. The number of aliphatic imine (C=N–C) groups is 1. The van der Waals surface area contributed by atoms with Crippen LogP contribution in [0.15, 0.2) is 53.5 Å². The summed E-state index contributed by atoms with van der Waals surface area (Å²) < 4.78 is 10.6. The molecule has 0 fully saturated rings. The van der Waals surface area contributed by atoms with Gasteiger partial charge in [0.25, 0.3) is 5.91 Å². The lowest BCUT2D eigenvalue weighted by atomic mass is 10.1. The van der Waals surface area contributed by atoms with Crippen molar-refractivity contribution in [2.24, 2.45) is 4.99 Å². The first-order chi connectivity index (χ1) is 14.5. The lowest BCUT2D eigenvalue weighted by Crippen LogP contribution is -2.36. The number of amides is 1. The molecular weight excluding hydrogens is 380 g/mol. The molecule has 0 unspecified atom stereocenters. The fraction of sp³-hybridized carbons (Fsp3) is 0.391. The Hall–Kier alpha value is -3.06. The van der Waals surface area contributed by atoms with Crippen molar-refractivity contribution in [2.45, 2.75) is 20.0 Å². The molecule has 0 spiro atoms. The number of nitrogens with zero attached hydrogens (tertiary/aromatic N) is 2. The third-order valence-electron chi connectivity index (χ3n) is 4.31. The van der Waals surface area contributed by atoms with Gasteiger partial charge in [0.1, 0.15) is 12.4 Å². The molecule has 0 atom stereocenters. The van der Waals surface area contributed by atoms with E-state index in [1.165, 1.54) is 0 Å². The molecule has 1 amide bonds. The van der Waals surface area contributed by atoms with Gasteiger partial charge in [-0.25, -0.2) is 4.99 Å². The number of ether oxygens (including phenoxy) is 2. The van der Waals surface area contributed by atoms with Crippen LogP contribution >= 0.6 is 0 Å². The standard InChI is InChI=1S/C23H32N4O3/c1-5-24-23(25-16-18-6-10-20(11-7-18)22(28)27(2)3)26-17-19-8-12-21(13-9-19)30-15-14-29-4/h6-13H,5,14-17H2,1-4H3,(H2,24,25,26). The third kappa shape index (κ3) is 7.75. The van der Waals surface area contributed by atoms with Gasteiger partial charge >= 0.3 is 0 Å². The molecular formula is C23H32N4O3. The SMILES string of the molecule is CCNC(=NCc1ccc(OCCOC)cc1)NCc1ccc(C(=O)N(C)C)cc1. The Morgan fingerprint density at radius 2 is 1.63 bits per heavy atom. The molecule has 0 radical (unpaired) electrons. The molecule has 2 aromatic rings. The highest BCUT2D eigenvalue weighted by Crippen LogP contribution is 2.13. The predicted molar refractivity (Wildman–Crippen MR) is 120 cm³/mol. The summed E-state index contributed by atoms with van der Waals surface area (Å²) in [5.74, 6) is 1.56. The quantitative estimate of drug-likeness (QED) is 0.357. The van der Waals surface area contributed by atoms with Crippen LogP contribution in [0.2, 0.25) is 0 Å². The van der Waals surface area contributed by atoms with Crippen LogP contribution in [-0.4, -0.2) is 57.7 Å². The largest absolute Gasteiger partial charge is 0.491 e. The summed E-state index contributed by atoms with van der Waals surface area (Å²) >= 11 is 0. The van der Waals surface area contributed by atoms with Crippen LogP contribution in [0.1, 0.15) is 28.4 Å². The van der Waals surface area contributed by atoms with Gasteiger partial charge in [-0.3, -0.25) is 4.79 Å². The Morgan fingerprint density at radius 1 is 0.967 bits per heavy atom. The van der Waals surface area contributed by atoms with Crippen LogP contribution in [0.25, 0.3) is 0 Å². The van der Waals surface area contributed by atoms with Gasteiger partial charge in [0.15, 0.2) is 5.96 Å². The number of guanidine groups is 1. The van der Waals surface area contributed by atoms with Crippen molar-refractivity contribution >= 4 is 11.9 Å². The smallest absolute Gasteiger partial charge is 0.253 e. The minimum absolute atomic E-state index is 0.000439. The number of hydrogen-bond acceptors (Lipinski definition) is 4. The van der Waals surface area contributed by atoms with Crippen molar-refractivity contribution < 1.29 is 14.3 Å². The highest BCUT2D eigenvalue weighted by Gasteiger charge is 2.07. The normalized spacial score (nSPS) is 11.1. The summed E-state index contributed by atoms with van der Waals surface area (Å²) in [5.41, 5.74) is 2.85. The van der Waals surface area contributed by atoms with Crippen molar-refractivity contribution in [1.29, 1.82) is 0 Å². The molecule has 2 rings (SSSR count). The molecule has 0 aromatic heterocycles. The van der Waals surface area contributed by atoms with E-state index in [1.54, 1.807) is 26.1 Å². The molecule has 0 aliphatic carbocycles. The van der Waals surface area contributed by atoms with Crippen molar-refractivity contribution in [3.8, 4) is 5.75 Å². The van der Waals surface area contributed by atoms with Crippen LogP contribution in [0.3, 0.4) is 0 Å². The number of nitrogens with one attached hydrogen (secondary N) is 2. The second-order valence-electron chi connectivity index (χ2n) is 6.93. The fourth-order valence-corrected chi connectivity index (χ4v) is 2.66. The van der Waals surface area contributed by atoms with Gasteiger partial charge in [-0.05, 0) is 42.3 Å².